The molecule has 0 aliphatic carbocycles. The van der Waals surface area contributed by atoms with Gasteiger partial charge in [0, 0.05) is 20.2 Å². The number of rotatable bonds is 5. The van der Waals surface area contributed by atoms with Crippen LogP contribution in [0.5, 0.6) is 0 Å². The lowest BCUT2D eigenvalue weighted by Gasteiger charge is -2.22. The van der Waals surface area contributed by atoms with E-state index in [1.807, 2.05) is 6.92 Å². The van der Waals surface area contributed by atoms with Gasteiger partial charge in [0.1, 0.15) is 0 Å². The van der Waals surface area contributed by atoms with E-state index in [1.54, 1.807) is 7.11 Å². The second-order valence-electron chi connectivity index (χ2n) is 4.76. The van der Waals surface area contributed by atoms with E-state index in [1.165, 1.54) is 0 Å². The lowest BCUT2D eigenvalue weighted by atomic mass is 9.88. The summed E-state index contributed by atoms with van der Waals surface area (Å²) in [5.74, 6) is 0.535. The largest absolute Gasteiger partial charge is 0.384 e. The van der Waals surface area contributed by atoms with E-state index < -0.39 is 0 Å². The first-order valence-electron chi connectivity index (χ1n) is 5.56. The summed E-state index contributed by atoms with van der Waals surface area (Å²) in [7, 11) is 1.68. The minimum atomic E-state index is -0.215. The SMILES string of the molecule is COCC(C)CNC(=O)C1(C)CCNC1. The average Bonchev–Trinajstić information content (AvgIpc) is 2.63. The fraction of sp³-hybridized carbons (Fsp3) is 0.909. The van der Waals surface area contributed by atoms with Crippen molar-refractivity contribution in [2.24, 2.45) is 11.3 Å². The molecule has 0 spiro atoms. The first-order chi connectivity index (χ1) is 7.08. The molecule has 0 bridgehead atoms. The molecule has 1 aliphatic rings. The van der Waals surface area contributed by atoms with Crippen molar-refractivity contribution in [3.63, 3.8) is 0 Å². The molecule has 0 aromatic heterocycles. The molecule has 0 radical (unpaired) electrons. The van der Waals surface area contributed by atoms with Crippen LogP contribution < -0.4 is 10.6 Å². The smallest absolute Gasteiger partial charge is 0.227 e. The monoisotopic (exact) mass is 214 g/mol. The van der Waals surface area contributed by atoms with Gasteiger partial charge in [-0.05, 0) is 25.8 Å². The summed E-state index contributed by atoms with van der Waals surface area (Å²) >= 11 is 0. The average molecular weight is 214 g/mol. The van der Waals surface area contributed by atoms with Crippen LogP contribution in [0.25, 0.3) is 0 Å². The molecule has 88 valence electrons. The van der Waals surface area contributed by atoms with Gasteiger partial charge in [-0.15, -0.1) is 0 Å². The van der Waals surface area contributed by atoms with Crippen LogP contribution in [0.2, 0.25) is 0 Å². The number of ether oxygens (including phenoxy) is 1. The highest BCUT2D eigenvalue weighted by atomic mass is 16.5. The zero-order valence-electron chi connectivity index (χ0n) is 9.93. The third-order valence-electron chi connectivity index (χ3n) is 2.98. The van der Waals surface area contributed by atoms with Crippen LogP contribution in [0.1, 0.15) is 20.3 Å². The highest BCUT2D eigenvalue weighted by Crippen LogP contribution is 2.24. The van der Waals surface area contributed by atoms with Crippen molar-refractivity contribution in [1.82, 2.24) is 10.6 Å². The Morgan fingerprint density at radius 1 is 1.67 bits per heavy atom. The summed E-state index contributed by atoms with van der Waals surface area (Å²) in [5, 5.41) is 6.21. The van der Waals surface area contributed by atoms with Crippen molar-refractivity contribution >= 4 is 5.91 Å². The molecule has 1 rings (SSSR count). The molecule has 2 N–H and O–H groups in total. The zero-order chi connectivity index (χ0) is 11.3. The van der Waals surface area contributed by atoms with Gasteiger partial charge in [0.2, 0.25) is 5.91 Å². The first-order valence-corrected chi connectivity index (χ1v) is 5.56. The second kappa shape index (κ2) is 5.47. The van der Waals surface area contributed by atoms with E-state index in [0.29, 0.717) is 19.1 Å². The molecule has 15 heavy (non-hydrogen) atoms. The Labute approximate surface area is 91.8 Å². The van der Waals surface area contributed by atoms with Crippen molar-refractivity contribution < 1.29 is 9.53 Å². The highest BCUT2D eigenvalue weighted by molar-refractivity contribution is 5.82. The summed E-state index contributed by atoms with van der Waals surface area (Å²) < 4.78 is 5.02. The van der Waals surface area contributed by atoms with E-state index in [0.717, 1.165) is 19.5 Å². The van der Waals surface area contributed by atoms with E-state index in [4.69, 9.17) is 4.74 Å². The van der Waals surface area contributed by atoms with Crippen LogP contribution in [-0.2, 0) is 9.53 Å². The van der Waals surface area contributed by atoms with Crippen molar-refractivity contribution in [3.05, 3.63) is 0 Å². The lowest BCUT2D eigenvalue weighted by Crippen LogP contribution is -2.42. The predicted molar refractivity (Wildman–Crippen MR) is 59.6 cm³/mol. The van der Waals surface area contributed by atoms with Gasteiger partial charge in [0.05, 0.1) is 12.0 Å². The Kier molecular flexibility index (Phi) is 4.54. The Balaban J connectivity index is 2.29. The van der Waals surface area contributed by atoms with Gasteiger partial charge >= 0.3 is 0 Å². The standard InChI is InChI=1S/C11H22N2O2/c1-9(7-15-3)6-13-10(14)11(2)4-5-12-8-11/h9,12H,4-8H2,1-3H3,(H,13,14). The fourth-order valence-electron chi connectivity index (χ4n) is 1.83. The molecule has 0 saturated carbocycles. The van der Waals surface area contributed by atoms with Crippen LogP contribution in [0.4, 0.5) is 0 Å². The molecule has 2 atom stereocenters. The van der Waals surface area contributed by atoms with E-state index in [9.17, 15) is 4.79 Å². The van der Waals surface area contributed by atoms with Gasteiger partial charge < -0.3 is 15.4 Å². The van der Waals surface area contributed by atoms with E-state index in [-0.39, 0.29) is 11.3 Å². The lowest BCUT2D eigenvalue weighted by molar-refractivity contribution is -0.129. The summed E-state index contributed by atoms with van der Waals surface area (Å²) in [6.45, 7) is 7.20. The minimum absolute atomic E-state index is 0.162. The van der Waals surface area contributed by atoms with Gasteiger partial charge in [-0.2, -0.15) is 0 Å². The zero-order valence-corrected chi connectivity index (χ0v) is 9.93. The molecule has 1 fully saturated rings. The maximum absolute atomic E-state index is 11.9. The molecular weight excluding hydrogens is 192 g/mol. The van der Waals surface area contributed by atoms with Gasteiger partial charge in [-0.1, -0.05) is 6.92 Å². The van der Waals surface area contributed by atoms with E-state index >= 15 is 0 Å². The number of hydrogen-bond acceptors (Lipinski definition) is 3. The maximum Gasteiger partial charge on any atom is 0.227 e. The molecule has 1 heterocycles. The van der Waals surface area contributed by atoms with Crippen molar-refractivity contribution in [2.75, 3.05) is 33.4 Å². The molecule has 1 amide bonds. The number of carbonyl (C=O) groups excluding carboxylic acids is 1. The van der Waals surface area contributed by atoms with Crippen LogP contribution in [-0.4, -0.2) is 39.3 Å². The van der Waals surface area contributed by atoms with Gasteiger partial charge in [0.25, 0.3) is 0 Å². The molecule has 0 aromatic rings. The van der Waals surface area contributed by atoms with E-state index in [2.05, 4.69) is 17.6 Å². The normalized spacial score (nSPS) is 27.7. The highest BCUT2D eigenvalue weighted by Gasteiger charge is 2.35. The maximum atomic E-state index is 11.9. The molecule has 4 heteroatoms. The fourth-order valence-corrected chi connectivity index (χ4v) is 1.83. The third-order valence-corrected chi connectivity index (χ3v) is 2.98. The Hall–Kier alpha value is -0.610. The van der Waals surface area contributed by atoms with Crippen LogP contribution in [0.15, 0.2) is 0 Å². The number of hydrogen-bond donors (Lipinski definition) is 2. The molecule has 2 unspecified atom stereocenters. The Morgan fingerprint density at radius 3 is 2.93 bits per heavy atom. The third kappa shape index (κ3) is 3.47. The predicted octanol–water partition coefficient (Wildman–Crippen LogP) is 0.385. The van der Waals surface area contributed by atoms with Crippen LogP contribution >= 0.6 is 0 Å². The molecule has 1 saturated heterocycles. The first kappa shape index (κ1) is 12.5. The van der Waals surface area contributed by atoms with Crippen molar-refractivity contribution in [3.8, 4) is 0 Å². The molecule has 4 nitrogen and oxygen atoms in total. The summed E-state index contributed by atoms with van der Waals surface area (Å²) in [5.41, 5.74) is -0.215. The Bertz CT molecular complexity index is 213. The van der Waals surface area contributed by atoms with Crippen molar-refractivity contribution in [2.45, 2.75) is 20.3 Å². The quantitative estimate of drug-likeness (QED) is 0.696. The minimum Gasteiger partial charge on any atom is -0.384 e. The number of nitrogens with one attached hydrogen (secondary N) is 2. The summed E-state index contributed by atoms with van der Waals surface area (Å²) in [6.07, 6.45) is 0.928. The summed E-state index contributed by atoms with van der Waals surface area (Å²) in [6, 6.07) is 0. The number of methoxy groups -OCH3 is 1. The topological polar surface area (TPSA) is 50.4 Å². The molecular formula is C11H22N2O2. The number of carbonyl (C=O) groups is 1. The Morgan fingerprint density at radius 2 is 2.40 bits per heavy atom. The van der Waals surface area contributed by atoms with Gasteiger partial charge in [0.15, 0.2) is 0 Å². The summed E-state index contributed by atoms with van der Waals surface area (Å²) in [4.78, 5) is 11.9. The number of amides is 1. The molecule has 0 aromatic carbocycles. The molecule has 1 aliphatic heterocycles. The second-order valence-corrected chi connectivity index (χ2v) is 4.76. The van der Waals surface area contributed by atoms with Crippen LogP contribution in [0.3, 0.4) is 0 Å². The van der Waals surface area contributed by atoms with Crippen LogP contribution in [0, 0.1) is 11.3 Å². The van der Waals surface area contributed by atoms with Crippen molar-refractivity contribution in [1.29, 1.82) is 0 Å². The van der Waals surface area contributed by atoms with Gasteiger partial charge in [-0.25, -0.2) is 0 Å². The van der Waals surface area contributed by atoms with Gasteiger partial charge in [-0.3, -0.25) is 4.79 Å².